The van der Waals surface area contributed by atoms with Gasteiger partial charge in [0, 0.05) is 16.0 Å². The molecule has 1 aromatic heterocycles. The number of nitrogens with zero attached hydrogens (tertiary/aromatic N) is 1. The molecule has 0 fully saturated rings. The summed E-state index contributed by atoms with van der Waals surface area (Å²) in [7, 11) is 0. The van der Waals surface area contributed by atoms with Gasteiger partial charge in [0.15, 0.2) is 12.2 Å². The highest BCUT2D eigenvalue weighted by Crippen LogP contribution is 2.31. The van der Waals surface area contributed by atoms with Crippen molar-refractivity contribution in [3.05, 3.63) is 88.9 Å². The van der Waals surface area contributed by atoms with Crippen LogP contribution in [0.15, 0.2) is 83.3 Å². The zero-order valence-electron chi connectivity index (χ0n) is 16.6. The molecule has 0 unspecified atom stereocenters. The fraction of sp³-hybridized carbons (Fsp3) is 0.0400. The van der Waals surface area contributed by atoms with Crippen LogP contribution in [-0.4, -0.2) is 17.5 Å². The van der Waals surface area contributed by atoms with Crippen LogP contribution in [0.2, 0.25) is 10.0 Å². The average molecular weight is 463 g/mol. The van der Waals surface area contributed by atoms with Gasteiger partial charge in [-0.1, -0.05) is 59.6 Å². The summed E-state index contributed by atoms with van der Waals surface area (Å²) >= 11 is 12.3. The van der Waals surface area contributed by atoms with Crippen molar-refractivity contribution in [2.24, 2.45) is 0 Å². The quantitative estimate of drug-likeness (QED) is 0.306. The number of hydrogen-bond acceptors (Lipinski definition) is 4. The van der Waals surface area contributed by atoms with Crippen LogP contribution in [-0.2, 0) is 4.79 Å². The summed E-state index contributed by atoms with van der Waals surface area (Å²) in [6.07, 6.45) is 0. The molecule has 0 radical (unpaired) electrons. The first kappa shape index (κ1) is 20.4. The Balaban J connectivity index is 1.34. The van der Waals surface area contributed by atoms with E-state index in [0.717, 1.165) is 10.8 Å². The molecular formula is C25H16Cl2N2O3. The van der Waals surface area contributed by atoms with Gasteiger partial charge in [0.1, 0.15) is 11.3 Å². The maximum Gasteiger partial charge on any atom is 0.262 e. The van der Waals surface area contributed by atoms with Gasteiger partial charge in [-0.25, -0.2) is 4.98 Å². The SMILES string of the molecule is O=C(COc1cccc2ccccc12)Nc1cc(-c2nc3cc(Cl)ccc3o2)ccc1Cl. The van der Waals surface area contributed by atoms with Crippen molar-refractivity contribution < 1.29 is 13.9 Å². The van der Waals surface area contributed by atoms with Gasteiger partial charge in [0.2, 0.25) is 5.89 Å². The minimum Gasteiger partial charge on any atom is -0.483 e. The summed E-state index contributed by atoms with van der Waals surface area (Å²) in [5.74, 6) is 0.714. The third-order valence-electron chi connectivity index (χ3n) is 4.95. The second kappa shape index (κ2) is 8.54. The molecule has 1 amide bonds. The van der Waals surface area contributed by atoms with E-state index in [9.17, 15) is 4.79 Å². The number of nitrogens with one attached hydrogen (secondary N) is 1. The molecule has 4 aromatic carbocycles. The molecule has 5 nitrogen and oxygen atoms in total. The van der Waals surface area contributed by atoms with Crippen LogP contribution in [0, 0.1) is 0 Å². The molecule has 0 atom stereocenters. The Labute approximate surface area is 193 Å². The molecule has 0 saturated carbocycles. The number of anilines is 1. The van der Waals surface area contributed by atoms with Crippen molar-refractivity contribution in [1.82, 2.24) is 4.98 Å². The van der Waals surface area contributed by atoms with E-state index in [1.54, 1.807) is 36.4 Å². The molecule has 158 valence electrons. The number of fused-ring (bicyclic) bond motifs is 2. The number of carbonyl (C=O) groups excluding carboxylic acids is 1. The van der Waals surface area contributed by atoms with Gasteiger partial charge in [-0.2, -0.15) is 0 Å². The molecule has 5 rings (SSSR count). The van der Waals surface area contributed by atoms with E-state index in [1.165, 1.54) is 0 Å². The standard InChI is InChI=1S/C25H16Cl2N2O3/c26-17-9-11-23-21(13-17)29-25(32-23)16-8-10-19(27)20(12-16)28-24(30)14-31-22-7-3-5-15-4-1-2-6-18(15)22/h1-13H,14H2,(H,28,30). The predicted octanol–water partition coefficient (Wildman–Crippen LogP) is 6.97. The van der Waals surface area contributed by atoms with Crippen molar-refractivity contribution in [1.29, 1.82) is 0 Å². The van der Waals surface area contributed by atoms with Gasteiger partial charge in [0.25, 0.3) is 5.91 Å². The Morgan fingerprint density at radius 3 is 2.72 bits per heavy atom. The van der Waals surface area contributed by atoms with E-state index in [-0.39, 0.29) is 12.5 Å². The highest BCUT2D eigenvalue weighted by Gasteiger charge is 2.13. The summed E-state index contributed by atoms with van der Waals surface area (Å²) in [6, 6.07) is 24.0. The highest BCUT2D eigenvalue weighted by atomic mass is 35.5. The van der Waals surface area contributed by atoms with Crippen LogP contribution in [0.25, 0.3) is 33.3 Å². The third kappa shape index (κ3) is 4.13. The van der Waals surface area contributed by atoms with E-state index >= 15 is 0 Å². The first-order valence-corrected chi connectivity index (χ1v) is 10.6. The molecule has 7 heteroatoms. The van der Waals surface area contributed by atoms with Crippen molar-refractivity contribution in [3.63, 3.8) is 0 Å². The van der Waals surface area contributed by atoms with Crippen molar-refractivity contribution in [2.45, 2.75) is 0 Å². The topological polar surface area (TPSA) is 64.4 Å². The fourth-order valence-electron chi connectivity index (χ4n) is 3.43. The lowest BCUT2D eigenvalue weighted by Gasteiger charge is -2.11. The van der Waals surface area contributed by atoms with Gasteiger partial charge >= 0.3 is 0 Å². The van der Waals surface area contributed by atoms with Gasteiger partial charge in [-0.15, -0.1) is 0 Å². The zero-order chi connectivity index (χ0) is 22.1. The second-order valence-corrected chi connectivity index (χ2v) is 7.98. The first-order chi connectivity index (χ1) is 15.6. The summed E-state index contributed by atoms with van der Waals surface area (Å²) < 4.78 is 11.6. The lowest BCUT2D eigenvalue weighted by molar-refractivity contribution is -0.118. The maximum absolute atomic E-state index is 12.6. The smallest absolute Gasteiger partial charge is 0.262 e. The third-order valence-corrected chi connectivity index (χ3v) is 5.51. The molecule has 0 aliphatic carbocycles. The number of aromatic nitrogens is 1. The number of hydrogen-bond donors (Lipinski definition) is 1. The Morgan fingerprint density at radius 2 is 1.81 bits per heavy atom. The largest absolute Gasteiger partial charge is 0.483 e. The summed E-state index contributed by atoms with van der Waals surface area (Å²) in [5.41, 5.74) is 2.38. The lowest BCUT2D eigenvalue weighted by Crippen LogP contribution is -2.20. The van der Waals surface area contributed by atoms with Crippen molar-refractivity contribution in [2.75, 3.05) is 11.9 Å². The minimum atomic E-state index is -0.332. The predicted molar refractivity (Wildman–Crippen MR) is 128 cm³/mol. The van der Waals surface area contributed by atoms with Crippen LogP contribution in [0.5, 0.6) is 5.75 Å². The second-order valence-electron chi connectivity index (χ2n) is 7.14. The van der Waals surface area contributed by atoms with Crippen LogP contribution in [0.4, 0.5) is 5.69 Å². The number of oxazole rings is 1. The van der Waals surface area contributed by atoms with E-state index in [4.69, 9.17) is 32.4 Å². The maximum atomic E-state index is 12.6. The zero-order valence-corrected chi connectivity index (χ0v) is 18.2. The van der Waals surface area contributed by atoms with Crippen LogP contribution >= 0.6 is 23.2 Å². The van der Waals surface area contributed by atoms with E-state index < -0.39 is 0 Å². The molecule has 32 heavy (non-hydrogen) atoms. The lowest BCUT2D eigenvalue weighted by atomic mass is 10.1. The van der Waals surface area contributed by atoms with Crippen molar-refractivity contribution >= 4 is 56.7 Å². The molecule has 0 spiro atoms. The molecule has 1 heterocycles. The molecule has 0 aliphatic rings. The Hall–Kier alpha value is -3.54. The average Bonchev–Trinajstić information content (AvgIpc) is 3.22. The van der Waals surface area contributed by atoms with Gasteiger partial charge in [-0.3, -0.25) is 4.79 Å². The summed E-state index contributed by atoms with van der Waals surface area (Å²) in [6.45, 7) is -0.157. The monoisotopic (exact) mass is 462 g/mol. The number of halogens is 2. The molecular weight excluding hydrogens is 447 g/mol. The Kier molecular flexibility index (Phi) is 5.43. The number of benzene rings is 4. The number of amides is 1. The van der Waals surface area contributed by atoms with Crippen LogP contribution < -0.4 is 10.1 Å². The van der Waals surface area contributed by atoms with E-state index in [1.807, 2.05) is 42.5 Å². The molecule has 0 bridgehead atoms. The fourth-order valence-corrected chi connectivity index (χ4v) is 3.76. The summed E-state index contributed by atoms with van der Waals surface area (Å²) in [4.78, 5) is 17.0. The summed E-state index contributed by atoms with van der Waals surface area (Å²) in [5, 5.41) is 5.75. The van der Waals surface area contributed by atoms with Gasteiger partial charge in [0.05, 0.1) is 10.7 Å². The number of carbonyl (C=O) groups is 1. The van der Waals surface area contributed by atoms with E-state index in [0.29, 0.717) is 44.0 Å². The first-order valence-electron chi connectivity index (χ1n) is 9.83. The van der Waals surface area contributed by atoms with Gasteiger partial charge < -0.3 is 14.5 Å². The number of rotatable bonds is 5. The molecule has 5 aromatic rings. The molecule has 0 aliphatic heterocycles. The highest BCUT2D eigenvalue weighted by molar-refractivity contribution is 6.34. The number of ether oxygens (including phenoxy) is 1. The minimum absolute atomic E-state index is 0.157. The van der Waals surface area contributed by atoms with Crippen molar-refractivity contribution in [3.8, 4) is 17.2 Å². The molecule has 0 saturated heterocycles. The normalized spacial score (nSPS) is 11.1. The van der Waals surface area contributed by atoms with E-state index in [2.05, 4.69) is 10.3 Å². The molecule has 1 N–H and O–H groups in total. The van der Waals surface area contributed by atoms with Crippen LogP contribution in [0.3, 0.4) is 0 Å². The Morgan fingerprint density at radius 1 is 0.969 bits per heavy atom. The Bertz CT molecular complexity index is 1460. The van der Waals surface area contributed by atoms with Gasteiger partial charge in [-0.05, 0) is 47.9 Å². The van der Waals surface area contributed by atoms with Crippen LogP contribution in [0.1, 0.15) is 0 Å².